The lowest BCUT2D eigenvalue weighted by atomic mass is 9.76. The van der Waals surface area contributed by atoms with Gasteiger partial charge in [-0.05, 0) is 68.3 Å². The van der Waals surface area contributed by atoms with Gasteiger partial charge in [-0.2, -0.15) is 0 Å². The van der Waals surface area contributed by atoms with E-state index in [9.17, 15) is 4.39 Å². The zero-order valence-electron chi connectivity index (χ0n) is 12.2. The SMILES string of the molecule is Fc1ccc(CN2CCC(C3C[CH]CCC3)CC2)cc1. The molecule has 2 fully saturated rings. The molecule has 1 radical (unpaired) electrons. The van der Waals surface area contributed by atoms with Crippen molar-refractivity contribution in [2.75, 3.05) is 13.1 Å². The number of rotatable bonds is 3. The molecule has 1 atom stereocenters. The predicted molar refractivity (Wildman–Crippen MR) is 80.7 cm³/mol. The summed E-state index contributed by atoms with van der Waals surface area (Å²) in [5.41, 5.74) is 1.23. The van der Waals surface area contributed by atoms with Crippen molar-refractivity contribution in [2.45, 2.75) is 45.1 Å². The molecule has 0 spiro atoms. The minimum Gasteiger partial charge on any atom is -0.299 e. The molecule has 1 aromatic rings. The fraction of sp³-hybridized carbons (Fsp3) is 0.611. The molecule has 0 aromatic heterocycles. The van der Waals surface area contributed by atoms with Crippen molar-refractivity contribution in [2.24, 2.45) is 11.8 Å². The zero-order chi connectivity index (χ0) is 13.8. The summed E-state index contributed by atoms with van der Waals surface area (Å²) in [6.45, 7) is 3.39. The second kappa shape index (κ2) is 6.71. The molecule has 1 nitrogen and oxygen atoms in total. The van der Waals surface area contributed by atoms with Gasteiger partial charge in [-0.15, -0.1) is 0 Å². The molecule has 2 aliphatic rings. The van der Waals surface area contributed by atoms with E-state index in [0.29, 0.717) is 0 Å². The molecule has 0 N–H and O–H groups in total. The third-order valence-corrected chi connectivity index (χ3v) is 5.07. The maximum atomic E-state index is 12.9. The number of benzene rings is 1. The number of hydrogen-bond donors (Lipinski definition) is 0. The van der Waals surface area contributed by atoms with Crippen molar-refractivity contribution in [3.63, 3.8) is 0 Å². The van der Waals surface area contributed by atoms with Gasteiger partial charge >= 0.3 is 0 Å². The van der Waals surface area contributed by atoms with E-state index in [2.05, 4.69) is 11.3 Å². The first-order valence-electron chi connectivity index (χ1n) is 8.10. The average molecular weight is 274 g/mol. The lowest BCUT2D eigenvalue weighted by Crippen LogP contribution is -2.36. The minimum atomic E-state index is -0.138. The molecule has 1 aromatic carbocycles. The molecule has 2 heteroatoms. The molecule has 1 saturated carbocycles. The number of likely N-dealkylation sites (tertiary alicyclic amines) is 1. The number of halogens is 1. The molecule has 1 saturated heterocycles. The highest BCUT2D eigenvalue weighted by Crippen LogP contribution is 2.35. The van der Waals surface area contributed by atoms with Crippen LogP contribution in [-0.2, 0) is 6.54 Å². The first-order chi connectivity index (χ1) is 9.81. The van der Waals surface area contributed by atoms with E-state index in [4.69, 9.17) is 0 Å². The monoisotopic (exact) mass is 274 g/mol. The summed E-state index contributed by atoms with van der Waals surface area (Å²) in [7, 11) is 0. The summed E-state index contributed by atoms with van der Waals surface area (Å²) >= 11 is 0. The first-order valence-corrected chi connectivity index (χ1v) is 8.10. The summed E-state index contributed by atoms with van der Waals surface area (Å²) in [5.74, 6) is 1.76. The van der Waals surface area contributed by atoms with Crippen LogP contribution in [0.25, 0.3) is 0 Å². The van der Waals surface area contributed by atoms with Crippen LogP contribution in [0.4, 0.5) is 4.39 Å². The van der Waals surface area contributed by atoms with Crippen LogP contribution in [0.5, 0.6) is 0 Å². The van der Waals surface area contributed by atoms with Crippen molar-refractivity contribution >= 4 is 0 Å². The van der Waals surface area contributed by atoms with Crippen LogP contribution in [0.3, 0.4) is 0 Å². The van der Waals surface area contributed by atoms with Crippen molar-refractivity contribution in [1.29, 1.82) is 0 Å². The third kappa shape index (κ3) is 3.60. The Kier molecular flexibility index (Phi) is 4.72. The summed E-state index contributed by atoms with van der Waals surface area (Å²) < 4.78 is 12.9. The highest BCUT2D eigenvalue weighted by atomic mass is 19.1. The van der Waals surface area contributed by atoms with Gasteiger partial charge in [0, 0.05) is 6.54 Å². The number of piperidine rings is 1. The van der Waals surface area contributed by atoms with Crippen molar-refractivity contribution < 1.29 is 4.39 Å². The van der Waals surface area contributed by atoms with Crippen LogP contribution in [-0.4, -0.2) is 18.0 Å². The Balaban J connectivity index is 1.47. The van der Waals surface area contributed by atoms with E-state index in [1.165, 1.54) is 57.2 Å². The van der Waals surface area contributed by atoms with Crippen LogP contribution >= 0.6 is 0 Å². The molecular weight excluding hydrogens is 249 g/mol. The maximum absolute atomic E-state index is 12.9. The normalized spacial score (nSPS) is 23.1. The van der Waals surface area contributed by atoms with Gasteiger partial charge < -0.3 is 0 Å². The molecule has 1 aliphatic heterocycles. The van der Waals surface area contributed by atoms with Crippen LogP contribution in [0.1, 0.15) is 44.1 Å². The van der Waals surface area contributed by atoms with Gasteiger partial charge in [0.1, 0.15) is 5.82 Å². The Bertz CT molecular complexity index is 400. The van der Waals surface area contributed by atoms with E-state index < -0.39 is 0 Å². The van der Waals surface area contributed by atoms with E-state index in [-0.39, 0.29) is 5.82 Å². The molecule has 1 unspecified atom stereocenters. The summed E-state index contributed by atoms with van der Waals surface area (Å²) in [6, 6.07) is 6.97. The molecule has 1 heterocycles. The van der Waals surface area contributed by atoms with Gasteiger partial charge in [-0.25, -0.2) is 4.39 Å². The van der Waals surface area contributed by atoms with Crippen LogP contribution in [0.2, 0.25) is 0 Å². The quantitative estimate of drug-likeness (QED) is 0.788. The molecule has 0 amide bonds. The Morgan fingerprint density at radius 3 is 2.40 bits per heavy atom. The van der Waals surface area contributed by atoms with Crippen molar-refractivity contribution in [3.8, 4) is 0 Å². The van der Waals surface area contributed by atoms with Gasteiger partial charge in [-0.3, -0.25) is 4.90 Å². The number of hydrogen-bond acceptors (Lipinski definition) is 1. The topological polar surface area (TPSA) is 3.24 Å². The zero-order valence-corrected chi connectivity index (χ0v) is 12.2. The minimum absolute atomic E-state index is 0.138. The van der Waals surface area contributed by atoms with E-state index in [1.54, 1.807) is 12.1 Å². The van der Waals surface area contributed by atoms with Gasteiger partial charge in [-0.1, -0.05) is 31.4 Å². The van der Waals surface area contributed by atoms with Crippen molar-refractivity contribution in [3.05, 3.63) is 42.1 Å². The number of nitrogens with zero attached hydrogens (tertiary/aromatic N) is 1. The molecule has 109 valence electrons. The predicted octanol–water partition coefficient (Wildman–Crippen LogP) is 4.43. The fourth-order valence-corrected chi connectivity index (χ4v) is 3.83. The summed E-state index contributed by atoms with van der Waals surface area (Å²) in [4.78, 5) is 2.52. The average Bonchev–Trinajstić information content (AvgIpc) is 2.51. The van der Waals surface area contributed by atoms with E-state index in [0.717, 1.165) is 18.4 Å². The van der Waals surface area contributed by atoms with E-state index in [1.807, 2.05) is 12.1 Å². The summed E-state index contributed by atoms with van der Waals surface area (Å²) in [5, 5.41) is 0. The molecular formula is C18H25FN. The summed E-state index contributed by atoms with van der Waals surface area (Å²) in [6.07, 6.45) is 10.7. The van der Waals surface area contributed by atoms with Crippen LogP contribution < -0.4 is 0 Å². The van der Waals surface area contributed by atoms with Crippen LogP contribution in [0.15, 0.2) is 24.3 Å². The Morgan fingerprint density at radius 1 is 1.00 bits per heavy atom. The largest absolute Gasteiger partial charge is 0.299 e. The second-order valence-electron chi connectivity index (χ2n) is 6.46. The highest BCUT2D eigenvalue weighted by molar-refractivity contribution is 5.15. The van der Waals surface area contributed by atoms with Gasteiger partial charge in [0.2, 0.25) is 0 Å². The Morgan fingerprint density at radius 2 is 1.75 bits per heavy atom. The Hall–Kier alpha value is -0.890. The fourth-order valence-electron chi connectivity index (χ4n) is 3.83. The van der Waals surface area contributed by atoms with Crippen LogP contribution in [0, 0.1) is 24.1 Å². The maximum Gasteiger partial charge on any atom is 0.123 e. The lowest BCUT2D eigenvalue weighted by molar-refractivity contribution is 0.130. The van der Waals surface area contributed by atoms with Gasteiger partial charge in [0.25, 0.3) is 0 Å². The smallest absolute Gasteiger partial charge is 0.123 e. The van der Waals surface area contributed by atoms with E-state index >= 15 is 0 Å². The first kappa shape index (κ1) is 14.1. The second-order valence-corrected chi connectivity index (χ2v) is 6.46. The molecule has 3 rings (SSSR count). The molecule has 1 aliphatic carbocycles. The molecule has 20 heavy (non-hydrogen) atoms. The van der Waals surface area contributed by atoms with Crippen molar-refractivity contribution in [1.82, 2.24) is 4.90 Å². The highest BCUT2D eigenvalue weighted by Gasteiger charge is 2.27. The molecule has 0 bridgehead atoms. The third-order valence-electron chi connectivity index (χ3n) is 5.07. The van der Waals surface area contributed by atoms with Gasteiger partial charge in [0.05, 0.1) is 0 Å². The Labute approximate surface area is 122 Å². The standard InChI is InChI=1S/C18H25FN/c19-18-8-6-15(7-9-18)14-20-12-10-17(11-13-20)16-4-2-1-3-5-16/h2,6-9,16-17H,1,3-5,10-14H2. The lowest BCUT2D eigenvalue weighted by Gasteiger charge is -2.37. The van der Waals surface area contributed by atoms with Gasteiger partial charge in [0.15, 0.2) is 0 Å².